The van der Waals surface area contributed by atoms with Crippen molar-refractivity contribution in [1.82, 2.24) is 10.3 Å². The third kappa shape index (κ3) is 4.78. The first-order valence-corrected chi connectivity index (χ1v) is 9.60. The Morgan fingerprint density at radius 2 is 1.70 bits per heavy atom. The van der Waals surface area contributed by atoms with Crippen LogP contribution in [0.1, 0.15) is 51.7 Å². The van der Waals surface area contributed by atoms with E-state index in [0.29, 0.717) is 46.1 Å². The summed E-state index contributed by atoms with van der Waals surface area (Å²) in [7, 11) is 0. The summed E-state index contributed by atoms with van der Waals surface area (Å²) < 4.78 is 5.16. The number of carbonyl (C=O) groups is 3. The van der Waals surface area contributed by atoms with Crippen molar-refractivity contribution in [1.29, 1.82) is 0 Å². The van der Waals surface area contributed by atoms with Crippen LogP contribution in [0, 0.1) is 6.92 Å². The van der Waals surface area contributed by atoms with Crippen molar-refractivity contribution >= 4 is 29.1 Å². The van der Waals surface area contributed by atoms with E-state index in [9.17, 15) is 14.4 Å². The summed E-state index contributed by atoms with van der Waals surface area (Å²) in [5, 5.41) is 8.21. The number of hydrogen-bond acceptors (Lipinski definition) is 4. The van der Waals surface area contributed by atoms with E-state index in [2.05, 4.69) is 20.9 Å². The second-order valence-corrected chi connectivity index (χ2v) is 6.81. The second-order valence-electron chi connectivity index (χ2n) is 6.81. The summed E-state index contributed by atoms with van der Waals surface area (Å²) in [5.41, 5.74) is 3.50. The molecule has 1 aromatic carbocycles. The number of aromatic nitrogens is 1. The average Bonchev–Trinajstić information content (AvgIpc) is 3.35. The van der Waals surface area contributed by atoms with Gasteiger partial charge < -0.3 is 25.4 Å². The highest BCUT2D eigenvalue weighted by Crippen LogP contribution is 2.22. The molecule has 0 atom stereocenters. The van der Waals surface area contributed by atoms with Gasteiger partial charge in [0, 0.05) is 22.6 Å². The van der Waals surface area contributed by atoms with Crippen molar-refractivity contribution < 1.29 is 18.8 Å². The van der Waals surface area contributed by atoms with E-state index < -0.39 is 0 Å². The highest BCUT2D eigenvalue weighted by Gasteiger charge is 2.21. The molecule has 3 amide bonds. The molecule has 3 rings (SSSR count). The molecule has 0 aliphatic carbocycles. The number of hydrogen-bond donors (Lipinski definition) is 4. The van der Waals surface area contributed by atoms with E-state index in [1.807, 2.05) is 6.92 Å². The van der Waals surface area contributed by atoms with E-state index in [1.54, 1.807) is 49.6 Å². The molecule has 0 aliphatic rings. The SMILES string of the molecule is CCc1c(C(=O)Nc2ccc(NC(=O)NCc3ccco3)cc2)[nH]c(C)c1C(C)=O. The van der Waals surface area contributed by atoms with Gasteiger partial charge in [-0.1, -0.05) is 6.92 Å². The van der Waals surface area contributed by atoms with Crippen molar-refractivity contribution in [3.63, 3.8) is 0 Å². The van der Waals surface area contributed by atoms with Crippen LogP contribution in [0.25, 0.3) is 0 Å². The molecule has 0 spiro atoms. The maximum absolute atomic E-state index is 12.7. The Labute approximate surface area is 174 Å². The minimum atomic E-state index is -0.366. The van der Waals surface area contributed by atoms with E-state index in [4.69, 9.17) is 4.42 Å². The molecule has 8 heteroatoms. The van der Waals surface area contributed by atoms with Crippen molar-refractivity contribution in [2.45, 2.75) is 33.7 Å². The molecule has 0 saturated heterocycles. The first-order chi connectivity index (χ1) is 14.4. The highest BCUT2D eigenvalue weighted by atomic mass is 16.3. The smallest absolute Gasteiger partial charge is 0.319 e. The van der Waals surface area contributed by atoms with Gasteiger partial charge in [-0.05, 0) is 62.2 Å². The fraction of sp³-hybridized carbons (Fsp3) is 0.227. The third-order valence-corrected chi connectivity index (χ3v) is 4.63. The maximum Gasteiger partial charge on any atom is 0.319 e. The molecular formula is C22H24N4O4. The molecule has 0 unspecified atom stereocenters. The summed E-state index contributed by atoms with van der Waals surface area (Å²) in [4.78, 5) is 39.6. The van der Waals surface area contributed by atoms with Gasteiger partial charge in [0.05, 0.1) is 12.8 Å². The topological polar surface area (TPSA) is 116 Å². The number of aryl methyl sites for hydroxylation is 1. The number of ketones is 1. The summed E-state index contributed by atoms with van der Waals surface area (Å²) in [5.74, 6) is 0.266. The number of furan rings is 1. The largest absolute Gasteiger partial charge is 0.467 e. The summed E-state index contributed by atoms with van der Waals surface area (Å²) in [6.45, 7) is 5.46. The van der Waals surface area contributed by atoms with Gasteiger partial charge in [0.2, 0.25) is 0 Å². The Kier molecular flexibility index (Phi) is 6.36. The Bertz CT molecular complexity index is 1050. The average molecular weight is 408 g/mol. The lowest BCUT2D eigenvalue weighted by Gasteiger charge is -2.09. The summed E-state index contributed by atoms with van der Waals surface area (Å²) in [6, 6.07) is 9.90. The van der Waals surface area contributed by atoms with Crippen LogP contribution in [0.3, 0.4) is 0 Å². The number of urea groups is 1. The van der Waals surface area contributed by atoms with Crippen LogP contribution in [0.5, 0.6) is 0 Å². The fourth-order valence-corrected chi connectivity index (χ4v) is 3.29. The zero-order valence-electron chi connectivity index (χ0n) is 17.1. The predicted molar refractivity (Wildman–Crippen MR) is 114 cm³/mol. The lowest BCUT2D eigenvalue weighted by atomic mass is 10.0. The molecule has 0 saturated carbocycles. The molecule has 156 valence electrons. The maximum atomic E-state index is 12.7. The first kappa shape index (κ1) is 20.9. The number of benzene rings is 1. The van der Waals surface area contributed by atoms with Crippen LogP contribution in [0.4, 0.5) is 16.2 Å². The first-order valence-electron chi connectivity index (χ1n) is 9.60. The van der Waals surface area contributed by atoms with Gasteiger partial charge in [0.25, 0.3) is 5.91 Å². The molecule has 2 aromatic heterocycles. The van der Waals surface area contributed by atoms with E-state index in [0.717, 1.165) is 0 Å². The van der Waals surface area contributed by atoms with Gasteiger partial charge in [-0.2, -0.15) is 0 Å². The van der Waals surface area contributed by atoms with Crippen molar-refractivity contribution in [2.75, 3.05) is 10.6 Å². The molecule has 30 heavy (non-hydrogen) atoms. The normalized spacial score (nSPS) is 10.5. The molecule has 4 N–H and O–H groups in total. The van der Waals surface area contributed by atoms with Gasteiger partial charge in [-0.15, -0.1) is 0 Å². The van der Waals surface area contributed by atoms with Gasteiger partial charge >= 0.3 is 6.03 Å². The summed E-state index contributed by atoms with van der Waals surface area (Å²) >= 11 is 0. The molecular weight excluding hydrogens is 384 g/mol. The highest BCUT2D eigenvalue weighted by molar-refractivity contribution is 6.07. The molecule has 8 nitrogen and oxygen atoms in total. The number of rotatable bonds is 7. The Hall–Kier alpha value is -3.81. The Morgan fingerprint density at radius 1 is 1.03 bits per heavy atom. The van der Waals surface area contributed by atoms with Crippen LogP contribution in [0.15, 0.2) is 47.1 Å². The number of carbonyl (C=O) groups excluding carboxylic acids is 3. The van der Waals surface area contributed by atoms with Crippen molar-refractivity contribution in [2.24, 2.45) is 0 Å². The standard InChI is InChI=1S/C22H24N4O4/c1-4-18-19(14(3)27)13(2)24-20(18)21(28)25-15-7-9-16(10-8-15)26-22(29)23-12-17-6-5-11-30-17/h5-11,24H,4,12H2,1-3H3,(H,25,28)(H2,23,26,29). The van der Waals surface area contributed by atoms with E-state index in [-0.39, 0.29) is 24.3 Å². The molecule has 0 fully saturated rings. The predicted octanol–water partition coefficient (Wildman–Crippen LogP) is 4.26. The van der Waals surface area contributed by atoms with E-state index in [1.165, 1.54) is 6.92 Å². The lowest BCUT2D eigenvalue weighted by Crippen LogP contribution is -2.27. The Balaban J connectivity index is 1.61. The Morgan fingerprint density at radius 3 is 2.27 bits per heavy atom. The van der Waals surface area contributed by atoms with Crippen LogP contribution in [0.2, 0.25) is 0 Å². The molecule has 0 bridgehead atoms. The molecule has 3 aromatic rings. The van der Waals surface area contributed by atoms with Crippen molar-refractivity contribution in [3.8, 4) is 0 Å². The number of amides is 3. The lowest BCUT2D eigenvalue weighted by molar-refractivity contribution is 0.101. The third-order valence-electron chi connectivity index (χ3n) is 4.63. The number of H-pyrrole nitrogens is 1. The van der Waals surface area contributed by atoms with Crippen molar-refractivity contribution in [3.05, 3.63) is 70.9 Å². The van der Waals surface area contributed by atoms with Crippen LogP contribution in [-0.2, 0) is 13.0 Å². The molecule has 0 aliphatic heterocycles. The number of anilines is 2. The van der Waals surface area contributed by atoms with Gasteiger partial charge in [0.1, 0.15) is 11.5 Å². The fourth-order valence-electron chi connectivity index (χ4n) is 3.29. The number of nitrogens with one attached hydrogen (secondary N) is 4. The van der Waals surface area contributed by atoms with Gasteiger partial charge in [-0.3, -0.25) is 9.59 Å². The monoisotopic (exact) mass is 408 g/mol. The molecule has 2 heterocycles. The zero-order chi connectivity index (χ0) is 21.7. The van der Waals surface area contributed by atoms with E-state index >= 15 is 0 Å². The zero-order valence-corrected chi connectivity index (χ0v) is 17.1. The number of Topliss-reactive ketones (excluding diaryl/α,β-unsaturated/α-hetero) is 1. The van der Waals surface area contributed by atoms with Gasteiger partial charge in [-0.25, -0.2) is 4.79 Å². The van der Waals surface area contributed by atoms with Crippen LogP contribution >= 0.6 is 0 Å². The van der Waals surface area contributed by atoms with Crippen LogP contribution < -0.4 is 16.0 Å². The minimum absolute atomic E-state index is 0.0691. The molecule has 0 radical (unpaired) electrons. The number of aromatic amines is 1. The van der Waals surface area contributed by atoms with Crippen LogP contribution in [-0.4, -0.2) is 22.7 Å². The quantitative estimate of drug-likeness (QED) is 0.437. The minimum Gasteiger partial charge on any atom is -0.467 e. The van der Waals surface area contributed by atoms with Gasteiger partial charge in [0.15, 0.2) is 5.78 Å². The second kappa shape index (κ2) is 9.13. The summed E-state index contributed by atoms with van der Waals surface area (Å²) in [6.07, 6.45) is 2.11.